The Hall–Kier alpha value is -2.63. The lowest BCUT2D eigenvalue weighted by Crippen LogP contribution is -2.52. The largest absolute Gasteiger partial charge is 0.353 e. The summed E-state index contributed by atoms with van der Waals surface area (Å²) in [6.45, 7) is 11.6. The first-order chi connectivity index (χ1) is 14.3. The van der Waals surface area contributed by atoms with Gasteiger partial charge in [-0.3, -0.25) is 0 Å². The summed E-state index contributed by atoms with van der Waals surface area (Å²) in [6.07, 6.45) is 1.84. The second kappa shape index (κ2) is 9.45. The maximum absolute atomic E-state index is 12.3. The van der Waals surface area contributed by atoms with Crippen molar-refractivity contribution in [2.45, 2.75) is 46.5 Å². The zero-order valence-corrected chi connectivity index (χ0v) is 19.3. The quantitative estimate of drug-likeness (QED) is 0.749. The van der Waals surface area contributed by atoms with Gasteiger partial charge in [-0.05, 0) is 25.8 Å². The summed E-state index contributed by atoms with van der Waals surface area (Å²) in [4.78, 5) is 28.2. The molecule has 1 aromatic carbocycles. The molecule has 1 atom stereocenters. The lowest BCUT2D eigenvalue weighted by atomic mass is 10.0. The minimum atomic E-state index is 0.0776. The Balaban J connectivity index is 1.92. The van der Waals surface area contributed by atoms with E-state index < -0.39 is 0 Å². The molecule has 0 N–H and O–H groups in total. The molecule has 1 fully saturated rings. The molecule has 162 valence electrons. The number of hydrogen-bond donors (Lipinski definition) is 0. The predicted octanol–water partition coefficient (Wildman–Crippen LogP) is 4.00. The number of anilines is 1. The van der Waals surface area contributed by atoms with Crippen LogP contribution in [0.4, 0.5) is 10.6 Å². The molecule has 2 heterocycles. The molecule has 1 unspecified atom stereocenters. The Labute approximate surface area is 180 Å². The van der Waals surface area contributed by atoms with Crippen LogP contribution in [0, 0.1) is 13.8 Å². The first-order valence-electron chi connectivity index (χ1n) is 10.9. The smallest absolute Gasteiger partial charge is 0.319 e. The van der Waals surface area contributed by atoms with Crippen LogP contribution in [-0.2, 0) is 6.42 Å². The van der Waals surface area contributed by atoms with Gasteiger partial charge >= 0.3 is 6.03 Å². The van der Waals surface area contributed by atoms with E-state index >= 15 is 0 Å². The molecule has 0 aliphatic carbocycles. The van der Waals surface area contributed by atoms with Crippen LogP contribution >= 0.6 is 0 Å². The second-order valence-corrected chi connectivity index (χ2v) is 8.60. The molecule has 0 saturated carbocycles. The molecule has 1 aliphatic rings. The van der Waals surface area contributed by atoms with Crippen LogP contribution in [0.3, 0.4) is 0 Å². The zero-order chi connectivity index (χ0) is 21.8. The van der Waals surface area contributed by atoms with Crippen LogP contribution in [0.1, 0.15) is 54.4 Å². The lowest BCUT2D eigenvalue weighted by Gasteiger charge is -2.37. The average molecular weight is 410 g/mol. The molecule has 1 aromatic heterocycles. The number of benzene rings is 1. The molecule has 0 bridgehead atoms. The molecule has 3 rings (SSSR count). The topological polar surface area (TPSA) is 52.6 Å². The summed E-state index contributed by atoms with van der Waals surface area (Å²) in [5, 5.41) is 0. The van der Waals surface area contributed by atoms with E-state index in [1.807, 2.05) is 4.90 Å². The van der Waals surface area contributed by atoms with Crippen LogP contribution in [0.25, 0.3) is 0 Å². The Kier molecular flexibility index (Phi) is 6.95. The molecule has 6 nitrogen and oxygen atoms in total. The minimum Gasteiger partial charge on any atom is -0.353 e. The first kappa shape index (κ1) is 22.1. The summed E-state index contributed by atoms with van der Waals surface area (Å²) in [5.74, 6) is 2.29. The van der Waals surface area contributed by atoms with Crippen LogP contribution in [0.2, 0.25) is 0 Å². The van der Waals surface area contributed by atoms with Crippen molar-refractivity contribution in [1.29, 1.82) is 0 Å². The fourth-order valence-electron chi connectivity index (χ4n) is 3.89. The van der Waals surface area contributed by atoms with Gasteiger partial charge in [-0.2, -0.15) is 0 Å². The number of piperazine rings is 1. The highest BCUT2D eigenvalue weighted by atomic mass is 16.2. The highest BCUT2D eigenvalue weighted by Crippen LogP contribution is 2.28. The van der Waals surface area contributed by atoms with Gasteiger partial charge in [-0.25, -0.2) is 14.8 Å². The van der Waals surface area contributed by atoms with E-state index in [-0.39, 0.29) is 6.03 Å². The number of carbonyl (C=O) groups excluding carboxylic acids is 1. The van der Waals surface area contributed by atoms with Crippen molar-refractivity contribution in [1.82, 2.24) is 19.8 Å². The maximum atomic E-state index is 12.3. The number of carbonyl (C=O) groups is 1. The number of amides is 2. The van der Waals surface area contributed by atoms with Crippen LogP contribution < -0.4 is 4.90 Å². The maximum Gasteiger partial charge on any atom is 0.319 e. The third-order valence-electron chi connectivity index (χ3n) is 5.96. The van der Waals surface area contributed by atoms with Gasteiger partial charge in [0.2, 0.25) is 0 Å². The normalized spacial score (nSPS) is 15.3. The van der Waals surface area contributed by atoms with Gasteiger partial charge in [0.25, 0.3) is 0 Å². The van der Waals surface area contributed by atoms with Gasteiger partial charge in [-0.1, -0.05) is 43.7 Å². The van der Waals surface area contributed by atoms with Crippen molar-refractivity contribution in [3.8, 4) is 0 Å². The fraction of sp³-hybridized carbons (Fsp3) is 0.542. The number of aromatic nitrogens is 2. The van der Waals surface area contributed by atoms with Crippen molar-refractivity contribution in [2.24, 2.45) is 0 Å². The van der Waals surface area contributed by atoms with Crippen molar-refractivity contribution >= 4 is 11.8 Å². The number of rotatable bonds is 5. The fourth-order valence-corrected chi connectivity index (χ4v) is 3.89. The van der Waals surface area contributed by atoms with E-state index in [0.717, 1.165) is 43.3 Å². The summed E-state index contributed by atoms with van der Waals surface area (Å²) in [5.41, 5.74) is 4.80. The highest BCUT2D eigenvalue weighted by Gasteiger charge is 2.26. The first-order valence-corrected chi connectivity index (χ1v) is 10.9. The molecule has 0 spiro atoms. The Morgan fingerprint density at radius 2 is 1.83 bits per heavy atom. The molecule has 1 aliphatic heterocycles. The number of urea groups is 1. The lowest BCUT2D eigenvalue weighted by molar-refractivity contribution is 0.168. The van der Waals surface area contributed by atoms with Gasteiger partial charge in [0.1, 0.15) is 11.6 Å². The second-order valence-electron chi connectivity index (χ2n) is 8.60. The number of nitrogens with zero attached hydrogens (tertiary/aromatic N) is 5. The van der Waals surface area contributed by atoms with E-state index in [0.29, 0.717) is 19.0 Å². The van der Waals surface area contributed by atoms with Crippen molar-refractivity contribution in [2.75, 3.05) is 45.2 Å². The summed E-state index contributed by atoms with van der Waals surface area (Å²) in [7, 11) is 3.61. The molecule has 2 amide bonds. The molecule has 6 heteroatoms. The molecule has 2 aromatic rings. The molecule has 0 radical (unpaired) electrons. The van der Waals surface area contributed by atoms with Gasteiger partial charge in [0.15, 0.2) is 0 Å². The van der Waals surface area contributed by atoms with Crippen molar-refractivity contribution in [3.05, 3.63) is 52.5 Å². The van der Waals surface area contributed by atoms with Gasteiger partial charge in [0.05, 0.1) is 0 Å². The highest BCUT2D eigenvalue weighted by molar-refractivity contribution is 5.74. The minimum absolute atomic E-state index is 0.0776. The van der Waals surface area contributed by atoms with E-state index in [1.54, 1.807) is 19.0 Å². The Morgan fingerprint density at radius 3 is 2.43 bits per heavy atom. The molecular formula is C24H35N5O. The van der Waals surface area contributed by atoms with E-state index in [2.05, 4.69) is 56.9 Å². The molecular weight excluding hydrogens is 374 g/mol. The van der Waals surface area contributed by atoms with E-state index in [1.165, 1.54) is 16.7 Å². The van der Waals surface area contributed by atoms with Crippen LogP contribution in [-0.4, -0.2) is 66.1 Å². The van der Waals surface area contributed by atoms with Crippen molar-refractivity contribution in [3.63, 3.8) is 0 Å². The Morgan fingerprint density at radius 1 is 1.13 bits per heavy atom. The zero-order valence-electron chi connectivity index (χ0n) is 19.3. The summed E-state index contributed by atoms with van der Waals surface area (Å²) >= 11 is 0. The number of aryl methyl sites for hydroxylation is 2. The monoisotopic (exact) mass is 409 g/mol. The van der Waals surface area contributed by atoms with Gasteiger partial charge in [-0.15, -0.1) is 0 Å². The predicted molar refractivity (Wildman–Crippen MR) is 122 cm³/mol. The van der Waals surface area contributed by atoms with Crippen LogP contribution in [0.5, 0.6) is 0 Å². The molecule has 1 saturated heterocycles. The van der Waals surface area contributed by atoms with E-state index in [9.17, 15) is 4.79 Å². The standard InChI is InChI=1S/C24H35N5O/c1-7-18(3)22-25-19(4)21(16-20-10-8-9-17(2)15-20)23(26-22)28-11-13-29(14-12-28)24(30)27(5)6/h8-10,15,18H,7,11-14,16H2,1-6H3. The van der Waals surface area contributed by atoms with Gasteiger partial charge in [0, 0.05) is 63.9 Å². The number of hydrogen-bond acceptors (Lipinski definition) is 4. The average Bonchev–Trinajstić information content (AvgIpc) is 2.74. The van der Waals surface area contributed by atoms with Crippen molar-refractivity contribution < 1.29 is 4.79 Å². The van der Waals surface area contributed by atoms with Gasteiger partial charge < -0.3 is 14.7 Å². The SMILES string of the molecule is CCC(C)c1nc(C)c(Cc2cccc(C)c2)c(N2CCN(C(=O)N(C)C)CC2)n1. The van der Waals surface area contributed by atoms with Crippen LogP contribution in [0.15, 0.2) is 24.3 Å². The summed E-state index contributed by atoms with van der Waals surface area (Å²) < 4.78 is 0. The third-order valence-corrected chi connectivity index (χ3v) is 5.96. The van der Waals surface area contributed by atoms with E-state index in [4.69, 9.17) is 9.97 Å². The molecule has 30 heavy (non-hydrogen) atoms. The summed E-state index contributed by atoms with van der Waals surface area (Å²) in [6, 6.07) is 8.72. The third kappa shape index (κ3) is 4.91. The Bertz CT molecular complexity index is 887.